The van der Waals surface area contributed by atoms with Gasteiger partial charge in [0.2, 0.25) is 0 Å². The van der Waals surface area contributed by atoms with Crippen LogP contribution in [0.5, 0.6) is 0 Å². The van der Waals surface area contributed by atoms with Crippen LogP contribution < -0.4 is 5.73 Å². The average Bonchev–Trinajstić information content (AvgIpc) is 1.62. The molecule has 19 unspecified atom stereocenters. The van der Waals surface area contributed by atoms with Crippen molar-refractivity contribution in [3.8, 4) is 0 Å². The van der Waals surface area contributed by atoms with Crippen molar-refractivity contribution in [2.24, 2.45) is 68.8 Å². The summed E-state index contributed by atoms with van der Waals surface area (Å²) in [4.78, 5) is 23.6. The minimum atomic E-state index is -1.60. The molecule has 2 aromatic rings. The lowest BCUT2D eigenvalue weighted by atomic mass is 9.62. The number of ketones is 1. The fraction of sp³-hybridized carbons (Fsp3) is 0.565. The zero-order valence-corrected chi connectivity index (χ0v) is 79.4. The van der Waals surface area contributed by atoms with Crippen molar-refractivity contribution in [2.75, 3.05) is 13.7 Å². The van der Waals surface area contributed by atoms with Crippen molar-refractivity contribution in [1.29, 1.82) is 0 Å². The van der Waals surface area contributed by atoms with Crippen molar-refractivity contribution >= 4 is 11.8 Å². The number of halogens is 5. The van der Waals surface area contributed by atoms with Gasteiger partial charge in [-0.2, -0.15) is 0 Å². The van der Waals surface area contributed by atoms with Crippen molar-refractivity contribution in [1.82, 2.24) is 0 Å². The summed E-state index contributed by atoms with van der Waals surface area (Å²) in [5.74, 6) is 2.26. The van der Waals surface area contributed by atoms with E-state index in [4.69, 9.17) is 10.8 Å². The number of esters is 1. The first-order valence-electron chi connectivity index (χ1n) is 49.2. The van der Waals surface area contributed by atoms with Gasteiger partial charge in [0.05, 0.1) is 24.9 Å². The number of carbonyl (C=O) groups excluding carboxylic acids is 2. The third-order valence-corrected chi connectivity index (χ3v) is 32.4. The van der Waals surface area contributed by atoms with Gasteiger partial charge in [0.25, 0.3) is 0 Å². The number of aliphatic hydroxyl groups excluding tert-OH is 3. The van der Waals surface area contributed by atoms with Gasteiger partial charge < -0.3 is 36.0 Å². The van der Waals surface area contributed by atoms with Gasteiger partial charge in [-0.1, -0.05) is 291 Å². The van der Waals surface area contributed by atoms with Crippen LogP contribution >= 0.6 is 0 Å². The fourth-order valence-electron chi connectivity index (χ4n) is 24.4. The van der Waals surface area contributed by atoms with E-state index in [1.165, 1.54) is 72.3 Å². The van der Waals surface area contributed by atoms with Crippen molar-refractivity contribution in [3.63, 3.8) is 0 Å². The van der Waals surface area contributed by atoms with Gasteiger partial charge in [0.15, 0.2) is 12.0 Å². The average molecular weight is 1770 g/mol. The molecule has 14 heteroatoms. The maximum absolute atomic E-state index is 14.0. The standard InChI is InChI=1S/C36H41FO3.C29H45NO2.C26H34F2O2.C24H34F2O/c1-25(11-9-22-36(40,28-13-5-3-6-14-28)29-15-7-4-8-16-29)31-19-20-32-26(12-10-21-35(31,32)2)17-18-27-23-30(38)24-33(37)34(27)39;1-6-29(32,7-2)17-8-10-20(3)25-14-15-26-22(11-9-16-28(25,26)5)12-13-23-18-24(31)19-27(30)21(23)4;1-17(7-5-9-25(29)30-4)22-12-13-23-19(8-6-14-26(22,23)3)10-11-20-15-21(27)16-24(28)18(20)2;1-17-19(15-21(25)16-23(17)26)10-9-18-7-6-13-24(2)20(11-12-22(18)24)8-4-3-5-14-27/h3-9,13-19,22,25,30,32-33,38,40H,10-12,20-21,23-24H2,1-2H3;8,12-14,17,20,24,26-27,31-32H,4,6-7,9-11,15-16,18-19,30H2,1-3,5H3;5,9-12,17,21,23-24H,2,6-8,13-16H2,1,3-4H3;9-11,21-23,27H,1,3-8,12-16H2,2H3/b22-9+,26-17+,27-18-;17-8+,22-12+,23-13-;9-5+,19-10+,20-11-;18-9+,19-10-. The van der Waals surface area contributed by atoms with Gasteiger partial charge in [0, 0.05) is 62.8 Å². The lowest BCUT2D eigenvalue weighted by Gasteiger charge is -2.42. The zero-order valence-electron chi connectivity index (χ0n) is 79.4. The van der Waals surface area contributed by atoms with Crippen LogP contribution in [0, 0.1) is 63.1 Å². The third kappa shape index (κ3) is 24.5. The number of nitrogens with two attached hydrogens (primary N) is 1. The molecule has 129 heavy (non-hydrogen) atoms. The normalized spacial score (nSPS) is 34.0. The van der Waals surface area contributed by atoms with E-state index >= 15 is 0 Å². The Morgan fingerprint density at radius 2 is 0.891 bits per heavy atom. The Morgan fingerprint density at radius 3 is 1.33 bits per heavy atom. The molecule has 8 saturated carbocycles. The van der Waals surface area contributed by atoms with Gasteiger partial charge in [-0.15, -0.1) is 0 Å². The van der Waals surface area contributed by atoms with Gasteiger partial charge in [-0.05, 0) is 281 Å². The molecular formula is C115H154F5NO8. The highest BCUT2D eigenvalue weighted by Crippen LogP contribution is 2.61. The maximum atomic E-state index is 14.0. The summed E-state index contributed by atoms with van der Waals surface area (Å²) in [6.07, 6.45) is 58.4. The first-order valence-corrected chi connectivity index (χ1v) is 49.2. The number of benzene rings is 2. The summed E-state index contributed by atoms with van der Waals surface area (Å²) in [7, 11) is 1.39. The minimum absolute atomic E-state index is 0.0446. The molecule has 9 nitrogen and oxygen atoms in total. The topological polar surface area (TPSA) is 171 Å². The number of hydrogen-bond donors (Lipinski definition) is 6. The Balaban J connectivity index is 0.000000168. The van der Waals surface area contributed by atoms with Crippen LogP contribution in [0.3, 0.4) is 0 Å². The zero-order chi connectivity index (χ0) is 93.2. The molecule has 0 bridgehead atoms. The highest BCUT2D eigenvalue weighted by Gasteiger charge is 2.50. The summed E-state index contributed by atoms with van der Waals surface area (Å²) in [5, 5.41) is 51.5. The monoisotopic (exact) mass is 1770 g/mol. The number of allylic oxidation sites excluding steroid dienone is 27. The Kier molecular flexibility index (Phi) is 36.2. The molecular weight excluding hydrogens is 1620 g/mol. The van der Waals surface area contributed by atoms with E-state index in [1.807, 2.05) is 111 Å². The first kappa shape index (κ1) is 102. The van der Waals surface area contributed by atoms with E-state index in [0.29, 0.717) is 83.0 Å². The number of unbranched alkanes of at least 4 members (excludes halogenated alkanes) is 2. The van der Waals surface area contributed by atoms with Crippen LogP contribution in [0.4, 0.5) is 22.0 Å². The molecule has 0 heterocycles. The Hall–Kier alpha value is -7.69. The lowest BCUT2D eigenvalue weighted by Crippen LogP contribution is -2.34. The minimum Gasteiger partial charge on any atom is -0.466 e. The van der Waals surface area contributed by atoms with E-state index in [2.05, 4.69) is 134 Å². The summed E-state index contributed by atoms with van der Waals surface area (Å²) in [5.41, 5.74) is 23.2. The van der Waals surface area contributed by atoms with Crippen LogP contribution in [-0.4, -0.2) is 106 Å². The molecule has 2 aromatic carbocycles. The second-order valence-electron chi connectivity index (χ2n) is 40.9. The van der Waals surface area contributed by atoms with E-state index in [0.717, 1.165) is 163 Å². The summed E-state index contributed by atoms with van der Waals surface area (Å²) in [6.45, 7) is 32.7. The lowest BCUT2D eigenvalue weighted by molar-refractivity contribution is -0.134. The van der Waals surface area contributed by atoms with Crippen LogP contribution in [0.1, 0.15) is 285 Å². The van der Waals surface area contributed by atoms with Crippen LogP contribution in [0.2, 0.25) is 0 Å². The SMILES string of the molecule is C=C1/C(=C\C=C2/CCCC3(C)C(C(C)C/C=C/C(=O)OC)=CCC23)CC(F)CC1F.C=C1/C(=C\C=C2/CCCC3(C)C(C(C)C/C=C/C(O)(CC)CC)=CCC23)CC(O)CC1N.C=C1/C(=C\C=C2/CCCC3(C)C(CCCCCO)=CCC23)CC(F)CC1F.CC(C/C=C/C(O)(c1ccccc1)c1ccccc1)C1=CCC2/C(=C/C=C3/CC(O)CC(F)C3=O)CCCC12C. The van der Waals surface area contributed by atoms with Crippen molar-refractivity contribution in [2.45, 2.75) is 335 Å². The summed E-state index contributed by atoms with van der Waals surface area (Å²) < 4.78 is 74.2. The molecule has 14 rings (SSSR count). The quantitative estimate of drug-likeness (QED) is 0.0186. The number of hydrogen-bond acceptors (Lipinski definition) is 9. The van der Waals surface area contributed by atoms with E-state index in [9.17, 15) is 52.0 Å². The number of fused-ring (bicyclic) bond motifs is 4. The third-order valence-electron chi connectivity index (χ3n) is 32.4. The number of carbonyl (C=O) groups is 2. The van der Waals surface area contributed by atoms with Crippen LogP contribution in [-0.2, 0) is 19.9 Å². The second kappa shape index (κ2) is 45.8. The molecule has 8 fully saturated rings. The van der Waals surface area contributed by atoms with Gasteiger partial charge >= 0.3 is 5.97 Å². The first-order chi connectivity index (χ1) is 61.6. The number of methoxy groups -OCH3 is 1. The highest BCUT2D eigenvalue weighted by molar-refractivity contribution is 6.00. The van der Waals surface area contributed by atoms with Gasteiger partial charge in [-0.25, -0.2) is 26.7 Å². The number of rotatable bonds is 25. The highest BCUT2D eigenvalue weighted by atomic mass is 19.2. The predicted molar refractivity (Wildman–Crippen MR) is 519 cm³/mol. The summed E-state index contributed by atoms with van der Waals surface area (Å²) in [6, 6.07) is 19.5. The molecule has 0 aliphatic heterocycles. The molecule has 0 saturated heterocycles. The van der Waals surface area contributed by atoms with E-state index in [-0.39, 0.29) is 78.5 Å². The van der Waals surface area contributed by atoms with Crippen molar-refractivity contribution in [3.05, 3.63) is 284 Å². The van der Waals surface area contributed by atoms with Crippen molar-refractivity contribution < 1.29 is 61.8 Å². The smallest absolute Gasteiger partial charge is 0.330 e. The molecule has 0 amide bonds. The molecule has 12 aliphatic rings. The molecule has 0 spiro atoms. The Bertz CT molecular complexity index is 4700. The molecule has 12 aliphatic carbocycles. The number of Topliss-reactive ketones (excluding diaryl/α,β-unsaturated/α-hetero) is 1. The second-order valence-corrected chi connectivity index (χ2v) is 40.9. The van der Waals surface area contributed by atoms with Crippen LogP contribution in [0.15, 0.2) is 273 Å². The van der Waals surface area contributed by atoms with Gasteiger partial charge in [-0.3, -0.25) is 4.79 Å². The Morgan fingerprint density at radius 1 is 0.504 bits per heavy atom. The van der Waals surface area contributed by atoms with Crippen LogP contribution in [0.25, 0.3) is 0 Å². The molecule has 19 atom stereocenters. The Labute approximate surface area is 770 Å². The largest absolute Gasteiger partial charge is 0.466 e. The summed E-state index contributed by atoms with van der Waals surface area (Å²) >= 11 is 0. The van der Waals surface area contributed by atoms with E-state index in [1.54, 1.807) is 17.2 Å². The molecule has 7 N–H and O–H groups in total. The number of alkyl halides is 5. The van der Waals surface area contributed by atoms with E-state index < -0.39 is 53.9 Å². The maximum Gasteiger partial charge on any atom is 0.330 e. The number of ether oxygens (including phenoxy) is 1. The fourth-order valence-corrected chi connectivity index (χ4v) is 24.4. The molecule has 702 valence electrons. The van der Waals surface area contributed by atoms with Gasteiger partial charge in [0.1, 0.15) is 30.3 Å². The molecule has 0 radical (unpaired) electrons. The molecule has 0 aromatic heterocycles. The number of aliphatic hydroxyl groups is 5. The predicted octanol–water partition coefficient (Wildman–Crippen LogP) is 27.0.